The van der Waals surface area contributed by atoms with Crippen molar-refractivity contribution in [1.29, 1.82) is 0 Å². The van der Waals surface area contributed by atoms with E-state index in [2.05, 4.69) is 17.2 Å². The minimum Gasteiger partial charge on any atom is -0.336 e. The number of hydrogen-bond acceptors (Lipinski definition) is 3. The monoisotopic (exact) mass is 261 g/mol. The first-order valence-electron chi connectivity index (χ1n) is 7.14. The van der Waals surface area contributed by atoms with E-state index >= 15 is 0 Å². The van der Waals surface area contributed by atoms with E-state index in [0.717, 1.165) is 37.1 Å². The lowest BCUT2D eigenvalue weighted by molar-refractivity contribution is 0.0678. The first-order valence-corrected chi connectivity index (χ1v) is 7.14. The summed E-state index contributed by atoms with van der Waals surface area (Å²) >= 11 is 0. The Morgan fingerprint density at radius 3 is 2.68 bits per heavy atom. The first-order chi connectivity index (χ1) is 9.26. The van der Waals surface area contributed by atoms with Gasteiger partial charge < -0.3 is 10.3 Å². The number of rotatable bonds is 3. The number of carbonyl (C=O) groups is 1. The maximum atomic E-state index is 12.6. The van der Waals surface area contributed by atoms with E-state index in [0.29, 0.717) is 6.04 Å². The molecule has 1 unspecified atom stereocenters. The largest absolute Gasteiger partial charge is 0.336 e. The number of nitrogen functional groups attached to an aromatic ring is 1. The summed E-state index contributed by atoms with van der Waals surface area (Å²) in [4.78, 5) is 14.6. The molecule has 0 aliphatic carbocycles. The van der Waals surface area contributed by atoms with Crippen LogP contribution in [0.2, 0.25) is 0 Å². The van der Waals surface area contributed by atoms with E-state index in [-0.39, 0.29) is 5.91 Å². The Morgan fingerprint density at radius 2 is 2.05 bits per heavy atom. The molecule has 0 radical (unpaired) electrons. The number of amides is 1. The number of carbonyl (C=O) groups excluding carboxylic acids is 1. The van der Waals surface area contributed by atoms with Gasteiger partial charge in [0.15, 0.2) is 0 Å². The van der Waals surface area contributed by atoms with Gasteiger partial charge in [-0.3, -0.25) is 10.6 Å². The first kappa shape index (κ1) is 13.9. The van der Waals surface area contributed by atoms with E-state index in [4.69, 9.17) is 5.84 Å². The van der Waals surface area contributed by atoms with Crippen molar-refractivity contribution in [2.24, 2.45) is 5.84 Å². The highest BCUT2D eigenvalue weighted by atomic mass is 16.2. The molecule has 0 saturated carbocycles. The topological polar surface area (TPSA) is 58.4 Å². The van der Waals surface area contributed by atoms with E-state index in [1.54, 1.807) is 0 Å². The fraction of sp³-hybridized carbons (Fsp3) is 0.533. The van der Waals surface area contributed by atoms with Gasteiger partial charge in [-0.05, 0) is 43.5 Å². The Labute approximate surface area is 114 Å². The van der Waals surface area contributed by atoms with Gasteiger partial charge in [0.05, 0.1) is 0 Å². The van der Waals surface area contributed by atoms with Crippen LogP contribution in [0.4, 0.5) is 5.69 Å². The number of hydrazine groups is 1. The van der Waals surface area contributed by atoms with Gasteiger partial charge in [-0.1, -0.05) is 19.8 Å². The van der Waals surface area contributed by atoms with Gasteiger partial charge in [0.1, 0.15) is 0 Å². The van der Waals surface area contributed by atoms with Crippen molar-refractivity contribution in [2.75, 3.05) is 12.0 Å². The number of nitrogens with two attached hydrogens (primary N) is 1. The fourth-order valence-electron chi connectivity index (χ4n) is 2.74. The molecule has 4 nitrogen and oxygen atoms in total. The highest BCUT2D eigenvalue weighted by molar-refractivity contribution is 5.94. The van der Waals surface area contributed by atoms with Gasteiger partial charge >= 0.3 is 0 Å². The number of benzene rings is 1. The summed E-state index contributed by atoms with van der Waals surface area (Å²) in [6, 6.07) is 7.75. The van der Waals surface area contributed by atoms with Crippen LogP contribution in [0.1, 0.15) is 49.4 Å². The van der Waals surface area contributed by atoms with Crippen molar-refractivity contribution in [3.05, 3.63) is 29.8 Å². The van der Waals surface area contributed by atoms with Crippen molar-refractivity contribution in [2.45, 2.75) is 45.1 Å². The highest BCUT2D eigenvalue weighted by Gasteiger charge is 2.24. The zero-order valence-corrected chi connectivity index (χ0v) is 11.6. The number of nitrogens with one attached hydrogen (secondary N) is 1. The summed E-state index contributed by atoms with van der Waals surface area (Å²) < 4.78 is 0. The minimum absolute atomic E-state index is 0.150. The van der Waals surface area contributed by atoms with Crippen molar-refractivity contribution >= 4 is 11.6 Å². The van der Waals surface area contributed by atoms with Gasteiger partial charge in [-0.25, -0.2) is 0 Å². The number of likely N-dealkylation sites (tertiary alicyclic amines) is 1. The van der Waals surface area contributed by atoms with Crippen molar-refractivity contribution in [3.8, 4) is 0 Å². The van der Waals surface area contributed by atoms with Gasteiger partial charge in [0.2, 0.25) is 0 Å². The molecule has 4 heteroatoms. The number of anilines is 1. The average molecular weight is 261 g/mol. The van der Waals surface area contributed by atoms with E-state index in [9.17, 15) is 4.79 Å². The molecule has 104 valence electrons. The van der Waals surface area contributed by atoms with E-state index in [1.807, 2.05) is 24.3 Å². The quantitative estimate of drug-likeness (QED) is 0.649. The number of hydrogen-bond donors (Lipinski definition) is 2. The fourth-order valence-corrected chi connectivity index (χ4v) is 2.74. The van der Waals surface area contributed by atoms with Crippen LogP contribution in [0, 0.1) is 0 Å². The SMILES string of the molecule is CCC1CCCCCN1C(=O)c1ccc(NN)cc1. The summed E-state index contributed by atoms with van der Waals surface area (Å²) in [5, 5.41) is 0. The molecule has 1 aromatic rings. The smallest absolute Gasteiger partial charge is 0.254 e. The molecular formula is C15H23N3O. The second kappa shape index (κ2) is 6.57. The zero-order chi connectivity index (χ0) is 13.7. The normalized spacial score (nSPS) is 19.9. The summed E-state index contributed by atoms with van der Waals surface area (Å²) in [6.07, 6.45) is 5.75. The Kier molecular flexibility index (Phi) is 4.80. The van der Waals surface area contributed by atoms with Crippen LogP contribution in [0.3, 0.4) is 0 Å². The zero-order valence-electron chi connectivity index (χ0n) is 11.6. The van der Waals surface area contributed by atoms with Crippen LogP contribution in [-0.2, 0) is 0 Å². The Morgan fingerprint density at radius 1 is 1.32 bits per heavy atom. The van der Waals surface area contributed by atoms with Crippen molar-refractivity contribution < 1.29 is 4.79 Å². The lowest BCUT2D eigenvalue weighted by Crippen LogP contribution is -2.39. The summed E-state index contributed by atoms with van der Waals surface area (Å²) in [5.74, 6) is 5.49. The molecule has 1 atom stereocenters. The molecule has 1 aromatic carbocycles. The van der Waals surface area contributed by atoms with Gasteiger partial charge in [0, 0.05) is 23.8 Å². The lowest BCUT2D eigenvalue weighted by atomic mass is 10.1. The molecule has 0 bridgehead atoms. The van der Waals surface area contributed by atoms with Gasteiger partial charge in [-0.15, -0.1) is 0 Å². The van der Waals surface area contributed by atoms with Gasteiger partial charge in [-0.2, -0.15) is 0 Å². The Balaban J connectivity index is 2.15. The minimum atomic E-state index is 0.150. The molecule has 19 heavy (non-hydrogen) atoms. The standard InChI is InChI=1S/C15H23N3O/c1-2-14-6-4-3-5-11-18(14)15(19)12-7-9-13(17-16)10-8-12/h7-10,14,17H,2-6,11,16H2,1H3. The maximum Gasteiger partial charge on any atom is 0.254 e. The molecule has 1 amide bonds. The molecule has 1 fully saturated rings. The second-order valence-corrected chi connectivity index (χ2v) is 5.13. The van der Waals surface area contributed by atoms with E-state index in [1.165, 1.54) is 12.8 Å². The highest BCUT2D eigenvalue weighted by Crippen LogP contribution is 2.21. The molecule has 1 aliphatic rings. The number of nitrogens with zero attached hydrogens (tertiary/aromatic N) is 1. The molecule has 2 rings (SSSR count). The van der Waals surface area contributed by atoms with Crippen LogP contribution in [0.5, 0.6) is 0 Å². The summed E-state index contributed by atoms with van der Waals surface area (Å²) in [5.41, 5.74) is 4.15. The molecule has 0 spiro atoms. The third-order valence-electron chi connectivity index (χ3n) is 3.91. The summed E-state index contributed by atoms with van der Waals surface area (Å²) in [6.45, 7) is 3.05. The van der Waals surface area contributed by atoms with Crippen molar-refractivity contribution in [3.63, 3.8) is 0 Å². The average Bonchev–Trinajstić information content (AvgIpc) is 2.71. The molecule has 1 saturated heterocycles. The summed E-state index contributed by atoms with van der Waals surface area (Å²) in [7, 11) is 0. The van der Waals surface area contributed by atoms with Crippen LogP contribution in [-0.4, -0.2) is 23.4 Å². The van der Waals surface area contributed by atoms with Crippen LogP contribution in [0.25, 0.3) is 0 Å². The molecule has 1 heterocycles. The third kappa shape index (κ3) is 3.26. The molecule has 3 N–H and O–H groups in total. The Bertz CT molecular complexity index is 416. The third-order valence-corrected chi connectivity index (χ3v) is 3.91. The van der Waals surface area contributed by atoms with E-state index < -0.39 is 0 Å². The maximum absolute atomic E-state index is 12.6. The van der Waals surface area contributed by atoms with Crippen LogP contribution < -0.4 is 11.3 Å². The van der Waals surface area contributed by atoms with Gasteiger partial charge in [0.25, 0.3) is 5.91 Å². The predicted molar refractivity (Wildman–Crippen MR) is 77.8 cm³/mol. The molecule has 1 aliphatic heterocycles. The van der Waals surface area contributed by atoms with Crippen molar-refractivity contribution in [1.82, 2.24) is 4.90 Å². The lowest BCUT2D eigenvalue weighted by Gasteiger charge is -2.29. The van der Waals surface area contributed by atoms with Crippen LogP contribution in [0.15, 0.2) is 24.3 Å². The van der Waals surface area contributed by atoms with Crippen LogP contribution >= 0.6 is 0 Å². The second-order valence-electron chi connectivity index (χ2n) is 5.13. The predicted octanol–water partition coefficient (Wildman–Crippen LogP) is 2.77. The molecule has 0 aromatic heterocycles. The Hall–Kier alpha value is -1.55. The molecular weight excluding hydrogens is 238 g/mol.